The zero-order chi connectivity index (χ0) is 11.6. The summed E-state index contributed by atoms with van der Waals surface area (Å²) in [6.07, 6.45) is 3.99. The van der Waals surface area contributed by atoms with Gasteiger partial charge in [0.25, 0.3) is 0 Å². The number of carbonyl (C=O) groups is 1. The van der Waals surface area contributed by atoms with E-state index in [4.69, 9.17) is 0 Å². The van der Waals surface area contributed by atoms with Crippen LogP contribution in [0.1, 0.15) is 38.7 Å². The highest BCUT2D eigenvalue weighted by Gasteiger charge is 2.31. The van der Waals surface area contributed by atoms with Gasteiger partial charge in [0.2, 0.25) is 5.91 Å². The summed E-state index contributed by atoms with van der Waals surface area (Å²) in [7, 11) is 0. The first-order valence-electron chi connectivity index (χ1n) is 5.86. The van der Waals surface area contributed by atoms with Crippen molar-refractivity contribution in [2.75, 3.05) is 0 Å². The van der Waals surface area contributed by atoms with Crippen molar-refractivity contribution in [3.63, 3.8) is 0 Å². The average Bonchev–Trinajstić information content (AvgIpc) is 2.76. The van der Waals surface area contributed by atoms with Crippen molar-refractivity contribution in [2.24, 2.45) is 5.41 Å². The van der Waals surface area contributed by atoms with Crippen LogP contribution < -0.4 is 5.32 Å². The summed E-state index contributed by atoms with van der Waals surface area (Å²) in [5, 5.41) is 7.19. The molecular weight excluding hydrogens is 218 g/mol. The number of hydrogen-bond acceptors (Lipinski definition) is 2. The maximum atomic E-state index is 11.8. The Hall–Kier alpha value is -0.830. The number of thiophene rings is 1. The molecule has 2 nitrogen and oxygen atoms in total. The highest BCUT2D eigenvalue weighted by Crippen LogP contribution is 2.36. The average molecular weight is 237 g/mol. The van der Waals surface area contributed by atoms with Crippen molar-refractivity contribution in [3.8, 4) is 0 Å². The highest BCUT2D eigenvalue weighted by molar-refractivity contribution is 7.07. The maximum absolute atomic E-state index is 11.8. The van der Waals surface area contributed by atoms with Crippen LogP contribution in [-0.2, 0) is 11.2 Å². The third-order valence-corrected chi connectivity index (χ3v) is 4.01. The lowest BCUT2D eigenvalue weighted by molar-refractivity contribution is -0.121. The molecule has 0 spiro atoms. The van der Waals surface area contributed by atoms with Crippen LogP contribution in [0.5, 0.6) is 0 Å². The Morgan fingerprint density at radius 1 is 1.62 bits per heavy atom. The molecule has 1 saturated carbocycles. The van der Waals surface area contributed by atoms with Crippen LogP contribution in [0.3, 0.4) is 0 Å². The molecule has 1 fully saturated rings. The van der Waals surface area contributed by atoms with Gasteiger partial charge in [-0.2, -0.15) is 11.3 Å². The first kappa shape index (κ1) is 11.6. The lowest BCUT2D eigenvalue weighted by atomic mass is 9.92. The van der Waals surface area contributed by atoms with Gasteiger partial charge in [-0.05, 0) is 47.1 Å². The van der Waals surface area contributed by atoms with E-state index in [0.717, 1.165) is 18.4 Å². The molecule has 1 aliphatic carbocycles. The zero-order valence-electron chi connectivity index (χ0n) is 9.95. The van der Waals surface area contributed by atoms with Crippen molar-refractivity contribution in [1.82, 2.24) is 5.32 Å². The molecule has 0 radical (unpaired) electrons. The first-order chi connectivity index (χ1) is 7.55. The van der Waals surface area contributed by atoms with Gasteiger partial charge in [0.15, 0.2) is 0 Å². The fourth-order valence-electron chi connectivity index (χ4n) is 2.42. The quantitative estimate of drug-likeness (QED) is 0.860. The van der Waals surface area contributed by atoms with Gasteiger partial charge in [-0.25, -0.2) is 0 Å². The van der Waals surface area contributed by atoms with E-state index < -0.39 is 0 Å². The largest absolute Gasteiger partial charge is 0.353 e. The van der Waals surface area contributed by atoms with Gasteiger partial charge in [-0.15, -0.1) is 0 Å². The molecule has 3 heteroatoms. The van der Waals surface area contributed by atoms with Crippen LogP contribution >= 0.6 is 11.3 Å². The smallest absolute Gasteiger partial charge is 0.224 e. The van der Waals surface area contributed by atoms with Gasteiger partial charge in [-0.3, -0.25) is 4.79 Å². The lowest BCUT2D eigenvalue weighted by Crippen LogP contribution is -2.34. The Bertz CT molecular complexity index is 356. The predicted octanol–water partition coefficient (Wildman–Crippen LogP) is 2.99. The number of nitrogens with one attached hydrogen (secondary N) is 1. The molecule has 1 aromatic heterocycles. The van der Waals surface area contributed by atoms with E-state index in [1.54, 1.807) is 11.3 Å². The van der Waals surface area contributed by atoms with Crippen LogP contribution in [0.4, 0.5) is 0 Å². The zero-order valence-corrected chi connectivity index (χ0v) is 10.8. The molecule has 1 N–H and O–H groups in total. The molecule has 0 saturated heterocycles. The van der Waals surface area contributed by atoms with E-state index in [-0.39, 0.29) is 5.91 Å². The molecular formula is C13H19NOS. The summed E-state index contributed by atoms with van der Waals surface area (Å²) in [5.41, 5.74) is 1.53. The SMILES string of the molecule is CC1(C)CCC(NC(=O)Cc2ccsc2)C1. The van der Waals surface area contributed by atoms with Crippen molar-refractivity contribution in [2.45, 2.75) is 45.6 Å². The van der Waals surface area contributed by atoms with Gasteiger partial charge >= 0.3 is 0 Å². The van der Waals surface area contributed by atoms with Gasteiger partial charge < -0.3 is 5.32 Å². The molecule has 1 aliphatic rings. The molecule has 2 rings (SSSR count). The predicted molar refractivity (Wildman–Crippen MR) is 67.6 cm³/mol. The van der Waals surface area contributed by atoms with Crippen LogP contribution in [0.2, 0.25) is 0 Å². The molecule has 1 unspecified atom stereocenters. The van der Waals surface area contributed by atoms with E-state index in [0.29, 0.717) is 17.9 Å². The summed E-state index contributed by atoms with van der Waals surface area (Å²) in [4.78, 5) is 11.8. The summed E-state index contributed by atoms with van der Waals surface area (Å²) in [6, 6.07) is 2.41. The van der Waals surface area contributed by atoms with Crippen molar-refractivity contribution < 1.29 is 4.79 Å². The molecule has 16 heavy (non-hydrogen) atoms. The van der Waals surface area contributed by atoms with E-state index in [9.17, 15) is 4.79 Å². The van der Waals surface area contributed by atoms with Crippen molar-refractivity contribution in [1.29, 1.82) is 0 Å². The molecule has 0 aromatic carbocycles. The monoisotopic (exact) mass is 237 g/mol. The van der Waals surface area contributed by atoms with E-state index in [1.807, 2.05) is 16.8 Å². The second-order valence-corrected chi connectivity index (χ2v) is 6.26. The Balaban J connectivity index is 1.80. The minimum absolute atomic E-state index is 0.168. The van der Waals surface area contributed by atoms with Gasteiger partial charge in [-0.1, -0.05) is 13.8 Å². The molecule has 88 valence electrons. The lowest BCUT2D eigenvalue weighted by Gasteiger charge is -2.17. The molecule has 0 bridgehead atoms. The van der Waals surface area contributed by atoms with Crippen LogP contribution in [0.15, 0.2) is 16.8 Å². The van der Waals surface area contributed by atoms with Gasteiger partial charge in [0.1, 0.15) is 0 Å². The first-order valence-corrected chi connectivity index (χ1v) is 6.80. The molecule has 0 aliphatic heterocycles. The van der Waals surface area contributed by atoms with Crippen molar-refractivity contribution in [3.05, 3.63) is 22.4 Å². The van der Waals surface area contributed by atoms with Crippen LogP contribution in [0, 0.1) is 5.41 Å². The van der Waals surface area contributed by atoms with E-state index in [1.165, 1.54) is 6.42 Å². The van der Waals surface area contributed by atoms with Crippen LogP contribution in [-0.4, -0.2) is 11.9 Å². The summed E-state index contributed by atoms with van der Waals surface area (Å²) in [5.74, 6) is 0.168. The Kier molecular flexibility index (Phi) is 3.33. The maximum Gasteiger partial charge on any atom is 0.224 e. The standard InChI is InChI=1S/C13H19NOS/c1-13(2)5-3-11(8-13)14-12(15)7-10-4-6-16-9-10/h4,6,9,11H,3,5,7-8H2,1-2H3,(H,14,15). The fraction of sp³-hybridized carbons (Fsp3) is 0.615. The second-order valence-electron chi connectivity index (χ2n) is 5.48. The number of carbonyl (C=O) groups excluding carboxylic acids is 1. The minimum Gasteiger partial charge on any atom is -0.353 e. The topological polar surface area (TPSA) is 29.1 Å². The summed E-state index contributed by atoms with van der Waals surface area (Å²) in [6.45, 7) is 4.55. The fourth-order valence-corrected chi connectivity index (χ4v) is 3.09. The number of hydrogen-bond donors (Lipinski definition) is 1. The Morgan fingerprint density at radius 2 is 2.44 bits per heavy atom. The molecule has 1 atom stereocenters. The van der Waals surface area contributed by atoms with Crippen molar-refractivity contribution >= 4 is 17.2 Å². The Labute approximate surface area is 101 Å². The van der Waals surface area contributed by atoms with Gasteiger partial charge in [0, 0.05) is 6.04 Å². The molecule has 1 aromatic rings. The Morgan fingerprint density at radius 3 is 3.00 bits per heavy atom. The number of rotatable bonds is 3. The second kappa shape index (κ2) is 4.58. The van der Waals surface area contributed by atoms with Gasteiger partial charge in [0.05, 0.1) is 6.42 Å². The van der Waals surface area contributed by atoms with Crippen LogP contribution in [0.25, 0.3) is 0 Å². The third kappa shape index (κ3) is 3.08. The third-order valence-electron chi connectivity index (χ3n) is 3.28. The molecule has 1 heterocycles. The minimum atomic E-state index is 0.168. The summed E-state index contributed by atoms with van der Waals surface area (Å²) >= 11 is 1.64. The van der Waals surface area contributed by atoms with E-state index >= 15 is 0 Å². The summed E-state index contributed by atoms with van der Waals surface area (Å²) < 4.78 is 0. The highest BCUT2D eigenvalue weighted by atomic mass is 32.1. The molecule has 1 amide bonds. The number of amides is 1. The normalized spacial score (nSPS) is 23.2. The van der Waals surface area contributed by atoms with E-state index in [2.05, 4.69) is 19.2 Å².